The zero-order valence-corrected chi connectivity index (χ0v) is 19.0. The van der Waals surface area contributed by atoms with Gasteiger partial charge >= 0.3 is 0 Å². The molecule has 1 N–H and O–H groups in total. The summed E-state index contributed by atoms with van der Waals surface area (Å²) < 4.78 is 26.5. The zero-order chi connectivity index (χ0) is 21.2. The number of likely N-dealkylation sites (tertiary alicyclic amines) is 1. The number of rotatable bonds is 6. The van der Waals surface area contributed by atoms with Crippen molar-refractivity contribution in [3.05, 3.63) is 28.8 Å². The molecule has 1 amide bonds. The van der Waals surface area contributed by atoms with E-state index in [1.807, 2.05) is 6.92 Å². The molecule has 29 heavy (non-hydrogen) atoms. The van der Waals surface area contributed by atoms with Crippen LogP contribution in [-0.2, 0) is 10.0 Å². The number of hydrogen-bond acceptors (Lipinski definition) is 4. The van der Waals surface area contributed by atoms with E-state index in [-0.39, 0.29) is 16.8 Å². The van der Waals surface area contributed by atoms with Gasteiger partial charge in [-0.05, 0) is 68.7 Å². The van der Waals surface area contributed by atoms with Crippen molar-refractivity contribution in [2.45, 2.75) is 63.3 Å². The van der Waals surface area contributed by atoms with Crippen molar-refractivity contribution in [2.75, 3.05) is 33.7 Å². The molecule has 162 valence electrons. The minimum atomic E-state index is -3.59. The molecule has 1 saturated carbocycles. The lowest BCUT2D eigenvalue weighted by Crippen LogP contribution is -2.45. The van der Waals surface area contributed by atoms with Crippen molar-refractivity contribution in [1.29, 1.82) is 0 Å². The van der Waals surface area contributed by atoms with Crippen LogP contribution in [0.1, 0.15) is 60.0 Å². The van der Waals surface area contributed by atoms with E-state index in [0.717, 1.165) is 37.4 Å². The highest BCUT2D eigenvalue weighted by atomic mass is 32.2. The molecule has 0 atom stereocenters. The Hall–Kier alpha value is -1.44. The second-order valence-corrected chi connectivity index (χ2v) is 11.0. The van der Waals surface area contributed by atoms with Crippen LogP contribution in [0.25, 0.3) is 0 Å². The van der Waals surface area contributed by atoms with Gasteiger partial charge < -0.3 is 10.2 Å². The molecule has 2 aliphatic rings. The summed E-state index contributed by atoms with van der Waals surface area (Å²) in [6.07, 6.45) is 7.37. The second-order valence-electron chi connectivity index (χ2n) is 8.90. The highest BCUT2D eigenvalue weighted by Crippen LogP contribution is 2.27. The van der Waals surface area contributed by atoms with Gasteiger partial charge in [0.05, 0.1) is 4.90 Å². The number of piperidine rings is 1. The first-order valence-corrected chi connectivity index (χ1v) is 12.2. The average Bonchev–Trinajstić information content (AvgIpc) is 3.18. The van der Waals surface area contributed by atoms with E-state index in [0.29, 0.717) is 11.1 Å². The van der Waals surface area contributed by atoms with Crippen molar-refractivity contribution in [3.63, 3.8) is 0 Å². The molecule has 0 unspecified atom stereocenters. The number of hydrogen-bond donors (Lipinski definition) is 1. The summed E-state index contributed by atoms with van der Waals surface area (Å²) in [6, 6.07) is 3.45. The van der Waals surface area contributed by atoms with E-state index in [2.05, 4.69) is 10.2 Å². The van der Waals surface area contributed by atoms with Gasteiger partial charge in [0.25, 0.3) is 5.91 Å². The molecule has 6 nitrogen and oxygen atoms in total. The van der Waals surface area contributed by atoms with Crippen molar-refractivity contribution in [1.82, 2.24) is 14.5 Å². The molecule has 0 bridgehead atoms. The summed E-state index contributed by atoms with van der Waals surface area (Å²) in [6.45, 7) is 6.88. The van der Waals surface area contributed by atoms with Gasteiger partial charge in [0, 0.05) is 45.3 Å². The number of nitrogens with one attached hydrogen (secondary N) is 1. The smallest absolute Gasteiger partial charge is 0.251 e. The van der Waals surface area contributed by atoms with Gasteiger partial charge in [-0.25, -0.2) is 12.7 Å². The summed E-state index contributed by atoms with van der Waals surface area (Å²) in [4.78, 5) is 15.6. The zero-order valence-electron chi connectivity index (χ0n) is 18.2. The predicted octanol–water partition coefficient (Wildman–Crippen LogP) is 2.94. The standard InChI is InChI=1S/C22H35N3O3S/c1-16-13-19(14-21(17(16)2)29(27,28)24(3)4)22(26)23-20-9-11-25(12-10-20)15-18-7-5-6-8-18/h13-14,18,20H,5-12,15H2,1-4H3,(H,23,26). The Morgan fingerprint density at radius 1 is 1.10 bits per heavy atom. The fraction of sp³-hybridized carbons (Fsp3) is 0.682. The Kier molecular flexibility index (Phi) is 7.02. The lowest BCUT2D eigenvalue weighted by molar-refractivity contribution is 0.0905. The summed E-state index contributed by atoms with van der Waals surface area (Å²) in [7, 11) is -0.571. The van der Waals surface area contributed by atoms with Gasteiger partial charge in [0.2, 0.25) is 10.0 Å². The Morgan fingerprint density at radius 3 is 2.31 bits per heavy atom. The maximum Gasteiger partial charge on any atom is 0.251 e. The summed E-state index contributed by atoms with van der Waals surface area (Å²) in [5.41, 5.74) is 1.92. The molecular weight excluding hydrogens is 386 g/mol. The maximum atomic E-state index is 12.9. The molecule has 3 rings (SSSR count). The third-order valence-electron chi connectivity index (χ3n) is 6.55. The monoisotopic (exact) mass is 421 g/mol. The first-order chi connectivity index (χ1) is 13.7. The van der Waals surface area contributed by atoms with Crippen molar-refractivity contribution < 1.29 is 13.2 Å². The quantitative estimate of drug-likeness (QED) is 0.767. The molecular formula is C22H35N3O3S. The highest BCUT2D eigenvalue weighted by Gasteiger charge is 2.26. The average molecular weight is 422 g/mol. The Bertz CT molecular complexity index is 837. The highest BCUT2D eigenvalue weighted by molar-refractivity contribution is 7.89. The van der Waals surface area contributed by atoms with E-state index < -0.39 is 10.0 Å². The molecule has 1 aromatic rings. The van der Waals surface area contributed by atoms with Crippen LogP contribution in [0.4, 0.5) is 0 Å². The van der Waals surface area contributed by atoms with Crippen LogP contribution in [0.5, 0.6) is 0 Å². The molecule has 1 heterocycles. The first-order valence-electron chi connectivity index (χ1n) is 10.8. The van der Waals surface area contributed by atoms with Crippen molar-refractivity contribution in [3.8, 4) is 0 Å². The van der Waals surface area contributed by atoms with Crippen LogP contribution in [0.3, 0.4) is 0 Å². The third kappa shape index (κ3) is 5.19. The van der Waals surface area contributed by atoms with Gasteiger partial charge in [-0.1, -0.05) is 12.8 Å². The second kappa shape index (κ2) is 9.14. The molecule has 0 spiro atoms. The lowest BCUT2D eigenvalue weighted by Gasteiger charge is -2.33. The normalized spacial score (nSPS) is 19.8. The number of benzene rings is 1. The lowest BCUT2D eigenvalue weighted by atomic mass is 10.0. The molecule has 2 fully saturated rings. The van der Waals surface area contributed by atoms with Gasteiger partial charge in [-0.3, -0.25) is 4.79 Å². The predicted molar refractivity (Wildman–Crippen MR) is 116 cm³/mol. The number of aryl methyl sites for hydroxylation is 1. The number of carbonyl (C=O) groups excluding carboxylic acids is 1. The number of carbonyl (C=O) groups is 1. The van der Waals surface area contributed by atoms with Crippen molar-refractivity contribution >= 4 is 15.9 Å². The van der Waals surface area contributed by atoms with Crippen LogP contribution < -0.4 is 5.32 Å². The fourth-order valence-electron chi connectivity index (χ4n) is 4.51. The van der Waals surface area contributed by atoms with E-state index in [4.69, 9.17) is 0 Å². The fourth-order valence-corrected chi connectivity index (χ4v) is 5.73. The van der Waals surface area contributed by atoms with Crippen LogP contribution in [0.2, 0.25) is 0 Å². The number of nitrogens with zero attached hydrogens (tertiary/aromatic N) is 2. The van der Waals surface area contributed by atoms with Gasteiger partial charge in [-0.15, -0.1) is 0 Å². The first kappa shape index (κ1) is 22.2. The number of sulfonamides is 1. The van der Waals surface area contributed by atoms with Crippen LogP contribution in [0, 0.1) is 19.8 Å². The molecule has 0 radical (unpaired) electrons. The molecule has 0 aromatic heterocycles. The Balaban J connectivity index is 1.63. The molecule has 1 saturated heterocycles. The Morgan fingerprint density at radius 2 is 1.72 bits per heavy atom. The van der Waals surface area contributed by atoms with Gasteiger partial charge in [0.1, 0.15) is 0 Å². The Labute approximate surface area is 175 Å². The van der Waals surface area contributed by atoms with Gasteiger partial charge in [-0.2, -0.15) is 0 Å². The molecule has 1 aliphatic heterocycles. The number of amides is 1. The van der Waals surface area contributed by atoms with Gasteiger partial charge in [0.15, 0.2) is 0 Å². The van der Waals surface area contributed by atoms with Crippen LogP contribution >= 0.6 is 0 Å². The minimum absolute atomic E-state index is 0.151. The van der Waals surface area contributed by atoms with E-state index >= 15 is 0 Å². The minimum Gasteiger partial charge on any atom is -0.349 e. The van der Waals surface area contributed by atoms with Crippen molar-refractivity contribution in [2.24, 2.45) is 5.92 Å². The largest absolute Gasteiger partial charge is 0.349 e. The van der Waals surface area contributed by atoms with E-state index in [1.54, 1.807) is 13.0 Å². The molecule has 1 aromatic carbocycles. The van der Waals surface area contributed by atoms with Crippen LogP contribution in [0.15, 0.2) is 17.0 Å². The summed E-state index contributed by atoms with van der Waals surface area (Å²) in [5, 5.41) is 3.13. The van der Waals surface area contributed by atoms with Crippen LogP contribution in [-0.4, -0.2) is 63.3 Å². The molecule has 1 aliphatic carbocycles. The molecule has 7 heteroatoms. The topological polar surface area (TPSA) is 69.7 Å². The third-order valence-corrected chi connectivity index (χ3v) is 8.50. The SMILES string of the molecule is Cc1cc(C(=O)NC2CCN(CC3CCCC3)CC2)cc(S(=O)(=O)N(C)C)c1C. The summed E-state index contributed by atoms with van der Waals surface area (Å²) in [5.74, 6) is 0.672. The van der Waals surface area contributed by atoms with E-state index in [1.165, 1.54) is 56.7 Å². The maximum absolute atomic E-state index is 12.9. The van der Waals surface area contributed by atoms with E-state index in [9.17, 15) is 13.2 Å². The summed E-state index contributed by atoms with van der Waals surface area (Å²) >= 11 is 0.